The van der Waals surface area contributed by atoms with Crippen molar-refractivity contribution in [2.75, 3.05) is 13.7 Å². The average molecular weight is 177 g/mol. The van der Waals surface area contributed by atoms with Gasteiger partial charge in [0.1, 0.15) is 5.75 Å². The highest BCUT2D eigenvalue weighted by Gasteiger charge is 1.99. The molecule has 0 aliphatic heterocycles. The molecule has 0 bridgehead atoms. The summed E-state index contributed by atoms with van der Waals surface area (Å²) in [6, 6.07) is 8.01. The molecule has 13 heavy (non-hydrogen) atoms. The summed E-state index contributed by atoms with van der Waals surface area (Å²) in [5.74, 6) is 0.945. The molecule has 0 fully saturated rings. The number of nitrogens with zero attached hydrogens (tertiary/aromatic N) is 1. The Morgan fingerprint density at radius 1 is 1.23 bits per heavy atom. The van der Waals surface area contributed by atoms with E-state index in [1.807, 2.05) is 18.2 Å². The molecule has 0 spiro atoms. The molecule has 1 aromatic rings. The molecular weight excluding hydrogens is 162 g/mol. The molecule has 0 atom stereocenters. The average Bonchev–Trinajstić information content (AvgIpc) is 2.19. The summed E-state index contributed by atoms with van der Waals surface area (Å²) >= 11 is 0. The third-order valence-electron chi connectivity index (χ3n) is 2.05. The summed E-state index contributed by atoms with van der Waals surface area (Å²) in [5.41, 5.74) is 9.86. The maximum Gasteiger partial charge on any atom is 0.122 e. The van der Waals surface area contributed by atoms with Crippen LogP contribution in [0.25, 0.3) is 0 Å². The van der Waals surface area contributed by atoms with Gasteiger partial charge in [-0.2, -0.15) is 0 Å². The zero-order valence-corrected chi connectivity index (χ0v) is 7.99. The van der Waals surface area contributed by atoms with E-state index in [9.17, 15) is 0 Å². The first-order chi connectivity index (χ1) is 6.38. The fraction of sp³-hybridized carbons (Fsp3) is 0.455. The monoisotopic (exact) mass is 177 g/mol. The van der Waals surface area contributed by atoms with Crippen molar-refractivity contribution in [2.45, 2.75) is 19.3 Å². The first kappa shape index (κ1) is 10.1. The minimum absolute atomic E-state index is 0.273. The molecule has 0 aliphatic carbocycles. The highest BCUT2D eigenvalue weighted by molar-refractivity contribution is 5.33. The van der Waals surface area contributed by atoms with Gasteiger partial charge in [0.15, 0.2) is 0 Å². The van der Waals surface area contributed by atoms with E-state index in [4.69, 9.17) is 10.5 Å². The van der Waals surface area contributed by atoms with Gasteiger partial charge in [-0.1, -0.05) is 18.2 Å². The van der Waals surface area contributed by atoms with Crippen LogP contribution in [0.2, 0.25) is 0 Å². The predicted molar refractivity (Wildman–Crippen MR) is 52.9 cm³/mol. The SMILES string of the molecule is COc1ccccc1CCCC[N]. The second-order valence-electron chi connectivity index (χ2n) is 2.99. The number of methoxy groups -OCH3 is 1. The van der Waals surface area contributed by atoms with Gasteiger partial charge in [0, 0.05) is 6.54 Å². The fourth-order valence-electron chi connectivity index (χ4n) is 1.34. The minimum Gasteiger partial charge on any atom is -0.496 e. The molecular formula is C11H15NO. The normalized spacial score (nSPS) is 10.0. The van der Waals surface area contributed by atoms with Gasteiger partial charge in [-0.3, -0.25) is 0 Å². The summed E-state index contributed by atoms with van der Waals surface area (Å²) in [6.07, 6.45) is 2.85. The van der Waals surface area contributed by atoms with Crippen LogP contribution in [-0.2, 0) is 6.42 Å². The number of ether oxygens (including phenoxy) is 1. The Hall–Kier alpha value is -1.02. The van der Waals surface area contributed by atoms with Gasteiger partial charge < -0.3 is 4.74 Å². The fourth-order valence-corrected chi connectivity index (χ4v) is 1.34. The molecule has 0 N–H and O–H groups in total. The lowest BCUT2D eigenvalue weighted by atomic mass is 10.1. The minimum atomic E-state index is 0.273. The maximum absolute atomic E-state index is 8.64. The number of hydrogen-bond acceptors (Lipinski definition) is 1. The van der Waals surface area contributed by atoms with Crippen LogP contribution in [0.5, 0.6) is 5.75 Å². The molecule has 2 radical (unpaired) electrons. The second kappa shape index (κ2) is 5.60. The van der Waals surface area contributed by atoms with Crippen molar-refractivity contribution in [2.24, 2.45) is 0 Å². The molecule has 1 rings (SSSR count). The molecule has 0 heterocycles. The number of unbranched alkanes of at least 4 members (excludes halogenated alkanes) is 1. The summed E-state index contributed by atoms with van der Waals surface area (Å²) in [5, 5.41) is 0. The molecule has 0 unspecified atom stereocenters. The first-order valence-corrected chi connectivity index (χ1v) is 4.61. The zero-order valence-electron chi connectivity index (χ0n) is 7.99. The lowest BCUT2D eigenvalue weighted by Gasteiger charge is -2.06. The van der Waals surface area contributed by atoms with Crippen LogP contribution in [0.3, 0.4) is 0 Å². The summed E-state index contributed by atoms with van der Waals surface area (Å²) in [7, 11) is 1.69. The Morgan fingerprint density at radius 2 is 2.00 bits per heavy atom. The zero-order chi connectivity index (χ0) is 9.52. The summed E-state index contributed by atoms with van der Waals surface area (Å²) in [4.78, 5) is 0. The lowest BCUT2D eigenvalue weighted by Crippen LogP contribution is -1.93. The van der Waals surface area contributed by atoms with E-state index in [0.29, 0.717) is 0 Å². The third-order valence-corrected chi connectivity index (χ3v) is 2.05. The smallest absolute Gasteiger partial charge is 0.122 e. The van der Waals surface area contributed by atoms with E-state index in [-0.39, 0.29) is 6.54 Å². The Bertz CT molecular complexity index is 248. The molecule has 1 aromatic carbocycles. The predicted octanol–water partition coefficient (Wildman–Crippen LogP) is 2.09. The van der Waals surface area contributed by atoms with Crippen molar-refractivity contribution in [1.29, 1.82) is 0 Å². The molecule has 0 aliphatic rings. The van der Waals surface area contributed by atoms with Crippen molar-refractivity contribution in [3.8, 4) is 5.75 Å². The van der Waals surface area contributed by atoms with Crippen LogP contribution in [0.1, 0.15) is 18.4 Å². The van der Waals surface area contributed by atoms with Gasteiger partial charge in [-0.05, 0) is 30.9 Å². The maximum atomic E-state index is 8.64. The number of aryl methyl sites for hydroxylation is 1. The Kier molecular flexibility index (Phi) is 4.33. The summed E-state index contributed by atoms with van der Waals surface area (Å²) in [6.45, 7) is 0.273. The summed E-state index contributed by atoms with van der Waals surface area (Å²) < 4.78 is 5.21. The first-order valence-electron chi connectivity index (χ1n) is 4.61. The molecule has 0 saturated heterocycles. The van der Waals surface area contributed by atoms with E-state index in [1.54, 1.807) is 7.11 Å². The molecule has 0 saturated carbocycles. The van der Waals surface area contributed by atoms with Crippen molar-refractivity contribution < 1.29 is 4.74 Å². The van der Waals surface area contributed by atoms with E-state index in [2.05, 4.69) is 6.07 Å². The van der Waals surface area contributed by atoms with E-state index >= 15 is 0 Å². The quantitative estimate of drug-likeness (QED) is 0.633. The highest BCUT2D eigenvalue weighted by atomic mass is 16.5. The van der Waals surface area contributed by atoms with Crippen LogP contribution >= 0.6 is 0 Å². The van der Waals surface area contributed by atoms with Crippen molar-refractivity contribution in [3.05, 3.63) is 29.8 Å². The van der Waals surface area contributed by atoms with Gasteiger partial charge in [0.25, 0.3) is 0 Å². The van der Waals surface area contributed by atoms with E-state index in [1.165, 1.54) is 5.56 Å². The highest BCUT2D eigenvalue weighted by Crippen LogP contribution is 2.18. The number of hydrogen-bond donors (Lipinski definition) is 0. The third kappa shape index (κ3) is 3.07. The van der Waals surface area contributed by atoms with Crippen LogP contribution in [0.4, 0.5) is 0 Å². The Morgan fingerprint density at radius 3 is 2.69 bits per heavy atom. The topological polar surface area (TPSA) is 31.5 Å². The van der Waals surface area contributed by atoms with Crippen molar-refractivity contribution >= 4 is 0 Å². The van der Waals surface area contributed by atoms with Gasteiger partial charge in [-0.15, -0.1) is 5.73 Å². The second-order valence-corrected chi connectivity index (χ2v) is 2.99. The largest absolute Gasteiger partial charge is 0.496 e. The molecule has 2 nitrogen and oxygen atoms in total. The van der Waals surface area contributed by atoms with Crippen LogP contribution < -0.4 is 10.5 Å². The van der Waals surface area contributed by atoms with Gasteiger partial charge in [-0.25, -0.2) is 0 Å². The Balaban J connectivity index is 2.54. The van der Waals surface area contributed by atoms with Gasteiger partial charge >= 0.3 is 0 Å². The van der Waals surface area contributed by atoms with E-state index < -0.39 is 0 Å². The van der Waals surface area contributed by atoms with Gasteiger partial charge in [0.05, 0.1) is 7.11 Å². The Labute approximate surface area is 79.7 Å². The van der Waals surface area contributed by atoms with Crippen molar-refractivity contribution in [3.63, 3.8) is 0 Å². The number of rotatable bonds is 5. The van der Waals surface area contributed by atoms with Crippen LogP contribution in [0.15, 0.2) is 24.3 Å². The molecule has 2 heteroatoms. The molecule has 0 aromatic heterocycles. The number of para-hydroxylation sites is 1. The van der Waals surface area contributed by atoms with Crippen molar-refractivity contribution in [1.82, 2.24) is 5.73 Å². The van der Waals surface area contributed by atoms with Crippen LogP contribution in [0, 0.1) is 0 Å². The van der Waals surface area contributed by atoms with Crippen LogP contribution in [-0.4, -0.2) is 13.7 Å². The standard InChI is InChI=1S/C11H15NO/c1-13-11-8-3-2-6-10(11)7-4-5-9-12/h2-3,6,8H,4-5,7,9H2,1H3. The number of benzene rings is 1. The van der Waals surface area contributed by atoms with E-state index in [0.717, 1.165) is 25.0 Å². The molecule has 70 valence electrons. The molecule has 0 amide bonds. The lowest BCUT2D eigenvalue weighted by molar-refractivity contribution is 0.409. The van der Waals surface area contributed by atoms with Gasteiger partial charge in [0.2, 0.25) is 0 Å².